The predicted molar refractivity (Wildman–Crippen MR) is 76.2 cm³/mol. The van der Waals surface area contributed by atoms with Gasteiger partial charge in [-0.2, -0.15) is 0 Å². The number of carbonyl (C=O) groups is 2. The third-order valence-electron chi connectivity index (χ3n) is 3.84. The molecule has 3 heterocycles. The summed E-state index contributed by atoms with van der Waals surface area (Å²) < 4.78 is 6.57. The normalized spacial score (nSPS) is 16.9. The first-order valence-corrected chi connectivity index (χ1v) is 6.93. The van der Waals surface area contributed by atoms with Crippen molar-refractivity contribution < 1.29 is 19.4 Å². The monoisotopic (exact) mass is 301 g/mol. The van der Waals surface area contributed by atoms with Crippen molar-refractivity contribution in [3.8, 4) is 11.5 Å². The zero-order valence-electron chi connectivity index (χ0n) is 12.0. The topological polar surface area (TPSA) is 94.3 Å². The van der Waals surface area contributed by atoms with Gasteiger partial charge in [-0.3, -0.25) is 9.78 Å². The Balaban J connectivity index is 2.09. The first-order chi connectivity index (χ1) is 10.6. The lowest BCUT2D eigenvalue weighted by Crippen LogP contribution is -2.28. The highest BCUT2D eigenvalue weighted by molar-refractivity contribution is 5.88. The molecule has 0 bridgehead atoms. The minimum atomic E-state index is -1.07. The number of nitrogens with zero attached hydrogens (tertiary/aromatic N) is 3. The molecule has 1 N–H and O–H groups in total. The van der Waals surface area contributed by atoms with Crippen molar-refractivity contribution >= 4 is 11.9 Å². The van der Waals surface area contributed by atoms with E-state index in [9.17, 15) is 14.7 Å². The average Bonchev–Trinajstić information content (AvgIpc) is 2.94. The minimum absolute atomic E-state index is 0.0315. The van der Waals surface area contributed by atoms with Crippen LogP contribution < -0.4 is 0 Å². The standard InChI is InChI=1S/C15H15N3O4/c1-22-15(21)9-5-6-11-12(14(19)20)17-13(18(11)8-9)10-4-2-3-7-16-10/h2-4,7,9H,5-6,8H2,1H3,(H,19,20). The van der Waals surface area contributed by atoms with Crippen molar-refractivity contribution in [3.05, 3.63) is 35.8 Å². The van der Waals surface area contributed by atoms with Gasteiger partial charge < -0.3 is 14.4 Å². The molecule has 0 amide bonds. The van der Waals surface area contributed by atoms with Gasteiger partial charge in [0.05, 0.1) is 18.7 Å². The maximum atomic E-state index is 11.8. The van der Waals surface area contributed by atoms with E-state index < -0.39 is 5.97 Å². The van der Waals surface area contributed by atoms with Crippen LogP contribution in [0.25, 0.3) is 11.5 Å². The molecule has 0 saturated carbocycles. The highest BCUT2D eigenvalue weighted by atomic mass is 16.5. The minimum Gasteiger partial charge on any atom is -0.476 e. The van der Waals surface area contributed by atoms with Gasteiger partial charge in [0.25, 0.3) is 0 Å². The van der Waals surface area contributed by atoms with E-state index in [4.69, 9.17) is 4.74 Å². The Hall–Kier alpha value is -2.70. The first-order valence-electron chi connectivity index (χ1n) is 6.93. The number of esters is 1. The van der Waals surface area contributed by atoms with Crippen molar-refractivity contribution in [2.45, 2.75) is 19.4 Å². The molecular weight excluding hydrogens is 286 g/mol. The van der Waals surface area contributed by atoms with Crippen molar-refractivity contribution in [1.82, 2.24) is 14.5 Å². The first kappa shape index (κ1) is 14.2. The van der Waals surface area contributed by atoms with Crippen molar-refractivity contribution in [3.63, 3.8) is 0 Å². The zero-order chi connectivity index (χ0) is 15.7. The summed E-state index contributed by atoms with van der Waals surface area (Å²) in [6, 6.07) is 5.35. The fourth-order valence-corrected chi connectivity index (χ4v) is 2.78. The quantitative estimate of drug-likeness (QED) is 0.861. The number of aromatic nitrogens is 3. The van der Waals surface area contributed by atoms with Crippen LogP contribution in [0.1, 0.15) is 22.6 Å². The molecule has 2 aromatic heterocycles. The summed E-state index contributed by atoms with van der Waals surface area (Å²) >= 11 is 0. The molecular formula is C15H15N3O4. The van der Waals surface area contributed by atoms with E-state index in [1.807, 2.05) is 6.07 Å². The SMILES string of the molecule is COC(=O)C1CCc2c(C(=O)O)nc(-c3ccccn3)n2C1. The van der Waals surface area contributed by atoms with Gasteiger partial charge in [0, 0.05) is 12.7 Å². The van der Waals surface area contributed by atoms with Crippen LogP contribution in [-0.2, 0) is 22.5 Å². The van der Waals surface area contributed by atoms with Crippen LogP contribution in [0.5, 0.6) is 0 Å². The van der Waals surface area contributed by atoms with E-state index in [0.717, 1.165) is 0 Å². The summed E-state index contributed by atoms with van der Waals surface area (Å²) in [6.45, 7) is 0.355. The number of hydrogen-bond donors (Lipinski definition) is 1. The largest absolute Gasteiger partial charge is 0.476 e. The van der Waals surface area contributed by atoms with Crippen LogP contribution in [0.15, 0.2) is 24.4 Å². The van der Waals surface area contributed by atoms with Crippen LogP contribution >= 0.6 is 0 Å². The lowest BCUT2D eigenvalue weighted by molar-refractivity contribution is -0.146. The average molecular weight is 301 g/mol. The van der Waals surface area contributed by atoms with Crippen LogP contribution in [0.4, 0.5) is 0 Å². The summed E-state index contributed by atoms with van der Waals surface area (Å²) in [6.07, 6.45) is 2.65. The van der Waals surface area contributed by atoms with E-state index in [1.54, 1.807) is 22.9 Å². The number of carbonyl (C=O) groups excluding carboxylic acids is 1. The summed E-state index contributed by atoms with van der Waals surface area (Å²) in [5, 5.41) is 9.33. The molecule has 0 spiro atoms. The predicted octanol–water partition coefficient (Wildman–Crippen LogP) is 1.38. The summed E-state index contributed by atoms with van der Waals surface area (Å²) in [4.78, 5) is 31.6. The Labute approximate surface area is 126 Å². The highest BCUT2D eigenvalue weighted by Crippen LogP contribution is 2.29. The molecule has 0 aliphatic carbocycles. The Morgan fingerprint density at radius 3 is 2.86 bits per heavy atom. The number of imidazole rings is 1. The molecule has 3 rings (SSSR count). The molecule has 2 aromatic rings. The van der Waals surface area contributed by atoms with Gasteiger partial charge in [-0.15, -0.1) is 0 Å². The number of aromatic carboxylic acids is 1. The van der Waals surface area contributed by atoms with Crippen LogP contribution in [-0.4, -0.2) is 38.7 Å². The third kappa shape index (κ3) is 2.34. The Bertz CT molecular complexity index is 724. The maximum absolute atomic E-state index is 11.8. The number of ether oxygens (including phenoxy) is 1. The summed E-state index contributed by atoms with van der Waals surface area (Å²) in [7, 11) is 1.36. The second kappa shape index (κ2) is 5.59. The molecule has 1 aliphatic rings. The van der Waals surface area contributed by atoms with E-state index >= 15 is 0 Å². The maximum Gasteiger partial charge on any atom is 0.356 e. The molecule has 7 heteroatoms. The number of fused-ring (bicyclic) bond motifs is 1. The van der Waals surface area contributed by atoms with Crippen LogP contribution in [0.3, 0.4) is 0 Å². The molecule has 1 atom stereocenters. The molecule has 1 unspecified atom stereocenters. The molecule has 0 radical (unpaired) electrons. The number of pyridine rings is 1. The fraction of sp³-hybridized carbons (Fsp3) is 0.333. The van der Waals surface area contributed by atoms with E-state index in [2.05, 4.69) is 9.97 Å². The van der Waals surface area contributed by atoms with Crippen molar-refractivity contribution in [1.29, 1.82) is 0 Å². The highest BCUT2D eigenvalue weighted by Gasteiger charge is 2.32. The van der Waals surface area contributed by atoms with E-state index in [1.165, 1.54) is 7.11 Å². The number of carboxylic acid groups (broad SMARTS) is 1. The fourth-order valence-electron chi connectivity index (χ4n) is 2.78. The molecule has 1 aliphatic heterocycles. The third-order valence-corrected chi connectivity index (χ3v) is 3.84. The number of rotatable bonds is 3. The van der Waals surface area contributed by atoms with Gasteiger partial charge in [-0.05, 0) is 25.0 Å². The molecule has 22 heavy (non-hydrogen) atoms. The van der Waals surface area contributed by atoms with Crippen molar-refractivity contribution in [2.24, 2.45) is 5.92 Å². The number of methoxy groups -OCH3 is 1. The Morgan fingerprint density at radius 1 is 1.41 bits per heavy atom. The molecule has 0 saturated heterocycles. The van der Waals surface area contributed by atoms with Gasteiger partial charge >= 0.3 is 11.9 Å². The summed E-state index contributed by atoms with van der Waals surface area (Å²) in [5.41, 5.74) is 1.25. The van der Waals surface area contributed by atoms with Gasteiger partial charge in [0.2, 0.25) is 0 Å². The second-order valence-electron chi connectivity index (χ2n) is 5.12. The smallest absolute Gasteiger partial charge is 0.356 e. The van der Waals surface area contributed by atoms with Crippen LogP contribution in [0.2, 0.25) is 0 Å². The molecule has 0 aromatic carbocycles. The number of carboxylic acids is 1. The van der Waals surface area contributed by atoms with Gasteiger partial charge in [0.1, 0.15) is 5.69 Å². The van der Waals surface area contributed by atoms with Gasteiger partial charge in [-0.1, -0.05) is 6.07 Å². The lowest BCUT2D eigenvalue weighted by Gasteiger charge is -2.23. The van der Waals surface area contributed by atoms with Gasteiger partial charge in [-0.25, -0.2) is 9.78 Å². The lowest BCUT2D eigenvalue weighted by atomic mass is 9.97. The molecule has 7 nitrogen and oxygen atoms in total. The Morgan fingerprint density at radius 2 is 2.23 bits per heavy atom. The van der Waals surface area contributed by atoms with Gasteiger partial charge in [0.15, 0.2) is 11.5 Å². The summed E-state index contributed by atoms with van der Waals surface area (Å²) in [5.74, 6) is -1.18. The van der Waals surface area contributed by atoms with Crippen LogP contribution in [0, 0.1) is 5.92 Å². The number of hydrogen-bond acceptors (Lipinski definition) is 5. The zero-order valence-corrected chi connectivity index (χ0v) is 12.0. The second-order valence-corrected chi connectivity index (χ2v) is 5.12. The van der Waals surface area contributed by atoms with Crippen molar-refractivity contribution in [2.75, 3.05) is 7.11 Å². The molecule has 114 valence electrons. The van der Waals surface area contributed by atoms with E-state index in [-0.39, 0.29) is 17.6 Å². The van der Waals surface area contributed by atoms with E-state index in [0.29, 0.717) is 36.6 Å². The Kier molecular flexibility index (Phi) is 3.62. The molecule has 0 fully saturated rings.